The molecule has 0 aromatic carbocycles. The summed E-state index contributed by atoms with van der Waals surface area (Å²) in [6, 6.07) is 3.80. The van der Waals surface area contributed by atoms with Gasteiger partial charge in [-0.1, -0.05) is 32.6 Å². The van der Waals surface area contributed by atoms with E-state index in [2.05, 4.69) is 17.2 Å². The number of pyridine rings is 1. The second-order valence-corrected chi connectivity index (χ2v) is 5.77. The van der Waals surface area contributed by atoms with Crippen LogP contribution in [0.2, 0.25) is 0 Å². The van der Waals surface area contributed by atoms with Crippen molar-refractivity contribution in [2.45, 2.75) is 51.9 Å². The first-order chi connectivity index (χ1) is 10.3. The number of hydrogen-bond donors (Lipinski definition) is 1. The van der Waals surface area contributed by atoms with E-state index in [0.29, 0.717) is 5.69 Å². The minimum Gasteiger partial charge on any atom is -0.384 e. The molecule has 0 radical (unpaired) electrons. The molecule has 1 aromatic rings. The van der Waals surface area contributed by atoms with Crippen LogP contribution < -0.4 is 5.32 Å². The summed E-state index contributed by atoms with van der Waals surface area (Å²) in [4.78, 5) is 18.7. The third kappa shape index (κ3) is 5.03. The molecular formula is C17H27N3O. The molecule has 0 spiro atoms. The molecule has 1 saturated heterocycles. The number of carbonyl (C=O) groups excluding carboxylic acids is 1. The lowest BCUT2D eigenvalue weighted by molar-refractivity contribution is 0.0756. The van der Waals surface area contributed by atoms with Crippen LogP contribution in [0.15, 0.2) is 18.3 Å². The van der Waals surface area contributed by atoms with Gasteiger partial charge in [-0.25, -0.2) is 4.98 Å². The molecule has 1 fully saturated rings. The Kier molecular flexibility index (Phi) is 6.51. The Morgan fingerprint density at radius 3 is 2.57 bits per heavy atom. The van der Waals surface area contributed by atoms with Crippen molar-refractivity contribution < 1.29 is 4.79 Å². The Bertz CT molecular complexity index is 422. The molecule has 4 heteroatoms. The quantitative estimate of drug-likeness (QED) is 0.812. The van der Waals surface area contributed by atoms with Gasteiger partial charge in [-0.05, 0) is 31.4 Å². The standard InChI is InChI=1S/C17H27N3O/c1-2-3-6-11-18-15-9-10-16(19-14-15)17(21)20-12-7-4-5-8-13-20/h9-10,14,18H,2-8,11-13H2,1H3. The second-order valence-electron chi connectivity index (χ2n) is 5.77. The molecule has 2 heterocycles. The maximum Gasteiger partial charge on any atom is 0.272 e. The first-order valence-corrected chi connectivity index (χ1v) is 8.30. The van der Waals surface area contributed by atoms with Crippen molar-refractivity contribution >= 4 is 11.6 Å². The number of carbonyl (C=O) groups is 1. The van der Waals surface area contributed by atoms with Crippen LogP contribution in [0.1, 0.15) is 62.4 Å². The highest BCUT2D eigenvalue weighted by Gasteiger charge is 2.18. The summed E-state index contributed by atoms with van der Waals surface area (Å²) in [6.07, 6.45) is 10.1. The summed E-state index contributed by atoms with van der Waals surface area (Å²) >= 11 is 0. The van der Waals surface area contributed by atoms with E-state index in [4.69, 9.17) is 0 Å². The number of nitrogens with one attached hydrogen (secondary N) is 1. The molecule has 0 bridgehead atoms. The van der Waals surface area contributed by atoms with E-state index in [-0.39, 0.29) is 5.91 Å². The fourth-order valence-corrected chi connectivity index (χ4v) is 2.67. The number of hydrogen-bond acceptors (Lipinski definition) is 3. The summed E-state index contributed by atoms with van der Waals surface area (Å²) in [5, 5.41) is 3.35. The van der Waals surface area contributed by atoms with E-state index in [1.165, 1.54) is 32.1 Å². The summed E-state index contributed by atoms with van der Waals surface area (Å²) in [5.74, 6) is 0.0782. The molecule has 0 unspecified atom stereocenters. The fraction of sp³-hybridized carbons (Fsp3) is 0.647. The monoisotopic (exact) mass is 289 g/mol. The van der Waals surface area contributed by atoms with Gasteiger partial charge in [-0.15, -0.1) is 0 Å². The second kappa shape index (κ2) is 8.65. The predicted octanol–water partition coefficient (Wildman–Crippen LogP) is 3.70. The van der Waals surface area contributed by atoms with Gasteiger partial charge >= 0.3 is 0 Å². The van der Waals surface area contributed by atoms with Crippen LogP contribution in [0.25, 0.3) is 0 Å². The Labute approximate surface area is 127 Å². The average Bonchev–Trinajstić information content (AvgIpc) is 2.81. The SMILES string of the molecule is CCCCCNc1ccc(C(=O)N2CCCCCC2)nc1. The summed E-state index contributed by atoms with van der Waals surface area (Å²) in [5.41, 5.74) is 1.56. The first kappa shape index (κ1) is 15.8. The molecule has 1 aliphatic heterocycles. The highest BCUT2D eigenvalue weighted by atomic mass is 16.2. The van der Waals surface area contributed by atoms with Crippen molar-refractivity contribution in [3.63, 3.8) is 0 Å². The first-order valence-electron chi connectivity index (χ1n) is 8.30. The Hall–Kier alpha value is -1.58. The van der Waals surface area contributed by atoms with Crippen LogP contribution >= 0.6 is 0 Å². The lowest BCUT2D eigenvalue weighted by Crippen LogP contribution is -2.32. The van der Waals surface area contributed by atoms with Crippen LogP contribution in [0.4, 0.5) is 5.69 Å². The molecule has 2 rings (SSSR count). The van der Waals surface area contributed by atoms with Crippen molar-refractivity contribution in [2.24, 2.45) is 0 Å². The number of anilines is 1. The maximum atomic E-state index is 12.4. The van der Waals surface area contributed by atoms with Gasteiger partial charge in [0.15, 0.2) is 0 Å². The number of amides is 1. The Morgan fingerprint density at radius 1 is 1.19 bits per heavy atom. The fourth-order valence-electron chi connectivity index (χ4n) is 2.67. The van der Waals surface area contributed by atoms with E-state index in [9.17, 15) is 4.79 Å². The molecule has 21 heavy (non-hydrogen) atoms. The minimum atomic E-state index is 0.0782. The molecule has 1 aromatic heterocycles. The zero-order valence-electron chi connectivity index (χ0n) is 13.1. The van der Waals surface area contributed by atoms with Crippen molar-refractivity contribution in [3.05, 3.63) is 24.0 Å². The van der Waals surface area contributed by atoms with Crippen molar-refractivity contribution in [2.75, 3.05) is 25.0 Å². The summed E-state index contributed by atoms with van der Waals surface area (Å²) < 4.78 is 0. The molecular weight excluding hydrogens is 262 g/mol. The van der Waals surface area contributed by atoms with Crippen LogP contribution in [0, 0.1) is 0 Å². The molecule has 1 amide bonds. The lowest BCUT2D eigenvalue weighted by atomic mass is 10.2. The predicted molar refractivity (Wildman–Crippen MR) is 86.6 cm³/mol. The number of rotatable bonds is 6. The number of aromatic nitrogens is 1. The highest BCUT2D eigenvalue weighted by Crippen LogP contribution is 2.14. The Balaban J connectivity index is 1.86. The van der Waals surface area contributed by atoms with E-state index < -0.39 is 0 Å². The lowest BCUT2D eigenvalue weighted by Gasteiger charge is -2.19. The number of likely N-dealkylation sites (tertiary alicyclic amines) is 1. The molecule has 1 aliphatic rings. The molecule has 4 nitrogen and oxygen atoms in total. The van der Waals surface area contributed by atoms with Gasteiger partial charge in [0.2, 0.25) is 0 Å². The zero-order valence-corrected chi connectivity index (χ0v) is 13.1. The molecule has 116 valence electrons. The van der Waals surface area contributed by atoms with Gasteiger partial charge in [0.1, 0.15) is 5.69 Å². The average molecular weight is 289 g/mol. The molecule has 0 atom stereocenters. The highest BCUT2D eigenvalue weighted by molar-refractivity contribution is 5.92. The molecule has 1 N–H and O–H groups in total. The van der Waals surface area contributed by atoms with Crippen LogP contribution in [-0.2, 0) is 0 Å². The van der Waals surface area contributed by atoms with Crippen LogP contribution in [-0.4, -0.2) is 35.4 Å². The van der Waals surface area contributed by atoms with E-state index in [0.717, 1.165) is 38.2 Å². The van der Waals surface area contributed by atoms with Gasteiger partial charge in [-0.3, -0.25) is 4.79 Å². The third-order valence-electron chi connectivity index (χ3n) is 3.99. The normalized spacial score (nSPS) is 15.6. The number of nitrogens with zero attached hydrogens (tertiary/aromatic N) is 2. The maximum absolute atomic E-state index is 12.4. The summed E-state index contributed by atoms with van der Waals surface area (Å²) in [6.45, 7) is 4.91. The van der Waals surface area contributed by atoms with Gasteiger partial charge in [0.25, 0.3) is 5.91 Å². The largest absolute Gasteiger partial charge is 0.384 e. The minimum absolute atomic E-state index is 0.0782. The van der Waals surface area contributed by atoms with Gasteiger partial charge in [0, 0.05) is 19.6 Å². The number of unbranched alkanes of at least 4 members (excludes halogenated alkanes) is 2. The summed E-state index contributed by atoms with van der Waals surface area (Å²) in [7, 11) is 0. The topological polar surface area (TPSA) is 45.2 Å². The van der Waals surface area contributed by atoms with Gasteiger partial charge in [-0.2, -0.15) is 0 Å². The van der Waals surface area contributed by atoms with E-state index >= 15 is 0 Å². The van der Waals surface area contributed by atoms with Gasteiger partial charge < -0.3 is 10.2 Å². The smallest absolute Gasteiger partial charge is 0.272 e. The molecule has 0 aliphatic carbocycles. The van der Waals surface area contributed by atoms with Crippen LogP contribution in [0.5, 0.6) is 0 Å². The van der Waals surface area contributed by atoms with E-state index in [1.807, 2.05) is 17.0 Å². The van der Waals surface area contributed by atoms with Gasteiger partial charge in [0.05, 0.1) is 11.9 Å². The Morgan fingerprint density at radius 2 is 1.95 bits per heavy atom. The van der Waals surface area contributed by atoms with Crippen molar-refractivity contribution in [3.8, 4) is 0 Å². The third-order valence-corrected chi connectivity index (χ3v) is 3.99. The van der Waals surface area contributed by atoms with Crippen molar-refractivity contribution in [1.29, 1.82) is 0 Å². The molecule has 0 saturated carbocycles. The van der Waals surface area contributed by atoms with Crippen LogP contribution in [0.3, 0.4) is 0 Å². The van der Waals surface area contributed by atoms with E-state index in [1.54, 1.807) is 6.20 Å². The zero-order chi connectivity index (χ0) is 14.9. The van der Waals surface area contributed by atoms with Crippen molar-refractivity contribution in [1.82, 2.24) is 9.88 Å².